The Balaban J connectivity index is 1.32. The van der Waals surface area contributed by atoms with Crippen LogP contribution in [0.15, 0.2) is 95.6 Å². The first-order chi connectivity index (χ1) is 23.0. The third kappa shape index (κ3) is 6.13. The van der Waals surface area contributed by atoms with Crippen molar-refractivity contribution < 1.29 is 18.0 Å². The summed E-state index contributed by atoms with van der Waals surface area (Å²) in [7, 11) is 0. The van der Waals surface area contributed by atoms with Gasteiger partial charge in [0.15, 0.2) is 17.0 Å². The lowest BCUT2D eigenvalue weighted by Crippen LogP contribution is -2.32. The van der Waals surface area contributed by atoms with E-state index >= 15 is 0 Å². The van der Waals surface area contributed by atoms with Gasteiger partial charge in [0.2, 0.25) is 0 Å². The van der Waals surface area contributed by atoms with Crippen molar-refractivity contribution in [3.63, 3.8) is 0 Å². The molecule has 2 atom stereocenters. The highest BCUT2D eigenvalue weighted by Gasteiger charge is 2.45. The molecule has 1 aliphatic heterocycles. The molecular weight excluding hydrogens is 658 g/mol. The number of rotatable bonds is 5. The van der Waals surface area contributed by atoms with Gasteiger partial charge in [-0.15, -0.1) is 0 Å². The highest BCUT2D eigenvalue weighted by Crippen LogP contribution is 2.45. The van der Waals surface area contributed by atoms with E-state index in [1.165, 1.54) is 11.1 Å². The van der Waals surface area contributed by atoms with Crippen molar-refractivity contribution in [1.82, 2.24) is 19.6 Å². The number of carbonyl (C=O) groups excluding carboxylic acids is 1. The zero-order valence-electron chi connectivity index (χ0n) is 26.0. The van der Waals surface area contributed by atoms with Crippen LogP contribution in [0, 0.1) is 5.92 Å². The monoisotopic (exact) mass is 687 g/mol. The number of nitrogens with zero attached hydrogens (tertiary/aromatic N) is 5. The van der Waals surface area contributed by atoms with Crippen LogP contribution in [-0.4, -0.2) is 31.2 Å². The Labute approximate surface area is 285 Å². The van der Waals surface area contributed by atoms with Crippen LogP contribution in [0.3, 0.4) is 0 Å². The Bertz CT molecular complexity index is 2070. The zero-order valence-corrected chi connectivity index (χ0v) is 27.6. The molecule has 0 N–H and O–H groups in total. The molecule has 0 bridgehead atoms. The van der Waals surface area contributed by atoms with Gasteiger partial charge in [-0.05, 0) is 83.9 Å². The topological polar surface area (TPSA) is 62.9 Å². The predicted octanol–water partition coefficient (Wildman–Crippen LogP) is 10.3. The van der Waals surface area contributed by atoms with Crippen LogP contribution in [0.4, 0.5) is 13.2 Å². The lowest BCUT2D eigenvalue weighted by Gasteiger charge is -2.29. The fourth-order valence-electron chi connectivity index (χ4n) is 6.51. The van der Waals surface area contributed by atoms with Gasteiger partial charge in [0, 0.05) is 27.6 Å². The number of hydrazone groups is 1. The lowest BCUT2D eigenvalue weighted by atomic mass is 9.77. The van der Waals surface area contributed by atoms with E-state index in [0.717, 1.165) is 53.3 Å². The first kappa shape index (κ1) is 32.1. The van der Waals surface area contributed by atoms with Crippen LogP contribution in [-0.2, 0) is 6.18 Å². The summed E-state index contributed by atoms with van der Waals surface area (Å²) in [6.45, 7) is 4.08. The second kappa shape index (κ2) is 12.5. The van der Waals surface area contributed by atoms with Gasteiger partial charge in [-0.3, -0.25) is 4.79 Å². The molecule has 0 unspecified atom stereocenters. The fourth-order valence-corrected chi connectivity index (χ4v) is 6.76. The summed E-state index contributed by atoms with van der Waals surface area (Å²) >= 11 is 12.3. The van der Waals surface area contributed by atoms with Gasteiger partial charge in [0.05, 0.1) is 17.4 Å². The number of hydrogen-bond acceptors (Lipinski definition) is 4. The molecule has 244 valence electrons. The standard InChI is InChI=1S/C37H30Cl2F3N5O/c1-21(2)23-8-10-24(11-9-23)30-19-32(37(40,41)42)46-33(43-30)20-31(44-46)36(48)47-35(25-12-16-28(39)17-13-25)29-5-3-4-26(34(29)45-47)18-22-6-14-27(38)15-7-22/h6-21,29,35H,3-5H2,1-2H3/b26-18+/t29-,35-/m0/s1. The number of fused-ring (bicyclic) bond motifs is 2. The maximum absolute atomic E-state index is 14.4. The molecule has 1 amide bonds. The SMILES string of the molecule is CC(C)c1ccc(-c2cc(C(F)(F)F)n3nc(C(=O)N4N=C5/C(=C/c6ccc(Cl)cc6)CCC[C@@H]5[C@@H]4c4ccc(Cl)cc4)cc3n2)cc1. The molecule has 3 heterocycles. The zero-order chi connectivity index (χ0) is 33.7. The molecule has 48 heavy (non-hydrogen) atoms. The average Bonchev–Trinajstić information content (AvgIpc) is 3.68. The van der Waals surface area contributed by atoms with E-state index in [0.29, 0.717) is 20.1 Å². The second-order valence-corrected chi connectivity index (χ2v) is 13.3. The third-order valence-corrected chi connectivity index (χ3v) is 9.45. The van der Waals surface area contributed by atoms with Crippen molar-refractivity contribution in [2.24, 2.45) is 11.0 Å². The smallest absolute Gasteiger partial charge is 0.265 e. The first-order valence-corrected chi connectivity index (χ1v) is 16.4. The summed E-state index contributed by atoms with van der Waals surface area (Å²) in [5, 5.41) is 11.6. The molecule has 3 aromatic carbocycles. The number of hydrogen-bond donors (Lipinski definition) is 0. The number of amides is 1. The molecule has 1 fully saturated rings. The van der Waals surface area contributed by atoms with Gasteiger partial charge >= 0.3 is 6.18 Å². The van der Waals surface area contributed by atoms with Crippen LogP contribution < -0.4 is 0 Å². The molecule has 0 saturated heterocycles. The van der Waals surface area contributed by atoms with Crippen molar-refractivity contribution in [3.05, 3.63) is 129 Å². The molecule has 5 aromatic rings. The molecule has 6 nitrogen and oxygen atoms in total. The highest BCUT2D eigenvalue weighted by atomic mass is 35.5. The Morgan fingerprint density at radius 1 is 0.938 bits per heavy atom. The minimum Gasteiger partial charge on any atom is -0.265 e. The normalized spacial score (nSPS) is 18.9. The Morgan fingerprint density at radius 3 is 2.25 bits per heavy atom. The Kier molecular flexibility index (Phi) is 8.37. The first-order valence-electron chi connectivity index (χ1n) is 15.7. The lowest BCUT2D eigenvalue weighted by molar-refractivity contribution is -0.142. The van der Waals surface area contributed by atoms with Crippen LogP contribution >= 0.6 is 23.2 Å². The maximum Gasteiger partial charge on any atom is 0.433 e. The van der Waals surface area contributed by atoms with Gasteiger partial charge < -0.3 is 0 Å². The van der Waals surface area contributed by atoms with Crippen LogP contribution in [0.2, 0.25) is 10.0 Å². The second-order valence-electron chi connectivity index (χ2n) is 12.5. The van der Waals surface area contributed by atoms with E-state index in [9.17, 15) is 18.0 Å². The Hall–Kier alpha value is -4.47. The molecule has 1 aliphatic carbocycles. The van der Waals surface area contributed by atoms with Crippen molar-refractivity contribution in [3.8, 4) is 11.3 Å². The van der Waals surface area contributed by atoms with Crippen LogP contribution in [0.5, 0.6) is 0 Å². The van der Waals surface area contributed by atoms with Gasteiger partial charge in [0.1, 0.15) is 0 Å². The minimum absolute atomic E-state index is 0.0910. The van der Waals surface area contributed by atoms with E-state index in [4.69, 9.17) is 28.3 Å². The van der Waals surface area contributed by atoms with E-state index < -0.39 is 23.8 Å². The van der Waals surface area contributed by atoms with E-state index in [-0.39, 0.29) is 28.9 Å². The number of halogens is 5. The van der Waals surface area contributed by atoms with Crippen molar-refractivity contribution >= 4 is 46.5 Å². The van der Waals surface area contributed by atoms with Crippen molar-refractivity contribution in [2.75, 3.05) is 0 Å². The third-order valence-electron chi connectivity index (χ3n) is 8.94. The summed E-state index contributed by atoms with van der Waals surface area (Å²) in [6.07, 6.45) is -0.285. The summed E-state index contributed by atoms with van der Waals surface area (Å²) in [5.74, 6) is -0.491. The van der Waals surface area contributed by atoms with E-state index in [2.05, 4.69) is 10.1 Å². The van der Waals surface area contributed by atoms with Crippen LogP contribution in [0.1, 0.15) is 77.9 Å². The number of benzene rings is 3. The summed E-state index contributed by atoms with van der Waals surface area (Å²) in [5.41, 5.74) is 3.94. The fraction of sp³-hybridized carbons (Fsp3) is 0.243. The maximum atomic E-state index is 14.4. The molecule has 7 rings (SSSR count). The summed E-state index contributed by atoms with van der Waals surface area (Å²) in [6, 6.07) is 23.7. The summed E-state index contributed by atoms with van der Waals surface area (Å²) < 4.78 is 44.0. The van der Waals surface area contributed by atoms with Crippen molar-refractivity contribution in [1.29, 1.82) is 0 Å². The number of aromatic nitrogens is 3. The average molecular weight is 689 g/mol. The quantitative estimate of drug-likeness (QED) is 0.185. The summed E-state index contributed by atoms with van der Waals surface area (Å²) in [4.78, 5) is 18.8. The number of carbonyl (C=O) groups is 1. The number of alkyl halides is 3. The molecule has 1 saturated carbocycles. The molecule has 2 aliphatic rings. The number of allylic oxidation sites excluding steroid dienone is 1. The molecular formula is C37H30Cl2F3N5O. The molecule has 2 aromatic heterocycles. The highest BCUT2D eigenvalue weighted by molar-refractivity contribution is 6.30. The van der Waals surface area contributed by atoms with Gasteiger partial charge in [0.25, 0.3) is 5.91 Å². The van der Waals surface area contributed by atoms with Gasteiger partial charge in [-0.2, -0.15) is 23.4 Å². The molecule has 0 radical (unpaired) electrons. The van der Waals surface area contributed by atoms with E-state index in [1.54, 1.807) is 24.3 Å². The predicted molar refractivity (Wildman–Crippen MR) is 182 cm³/mol. The largest absolute Gasteiger partial charge is 0.433 e. The Morgan fingerprint density at radius 2 is 1.60 bits per heavy atom. The van der Waals surface area contributed by atoms with Crippen molar-refractivity contribution in [2.45, 2.75) is 51.2 Å². The van der Waals surface area contributed by atoms with Gasteiger partial charge in [-0.1, -0.05) is 85.6 Å². The molecule has 0 spiro atoms. The minimum atomic E-state index is -4.75. The van der Waals surface area contributed by atoms with Gasteiger partial charge in [-0.25, -0.2) is 14.5 Å². The molecule has 11 heteroatoms. The van der Waals surface area contributed by atoms with E-state index in [1.807, 2.05) is 68.5 Å². The van der Waals surface area contributed by atoms with Crippen LogP contribution in [0.25, 0.3) is 23.0 Å².